The molecule has 1 atom stereocenters. The molecule has 0 amide bonds. The second kappa shape index (κ2) is 4.41. The van der Waals surface area contributed by atoms with E-state index in [9.17, 15) is 5.11 Å². The highest BCUT2D eigenvalue weighted by Gasteiger charge is 2.24. The molecule has 0 aliphatic heterocycles. The molecule has 0 spiro atoms. The standard InChI is InChI=1S/C12H12Cl2N2O/c1-3-12(2,17)9-6-16-11(14)8-5-15-10(13)4-7(8)9/h4-6,17H,3H2,1-2H3. The Balaban J connectivity index is 2.81. The lowest BCUT2D eigenvalue weighted by Gasteiger charge is -2.23. The van der Waals surface area contributed by atoms with Gasteiger partial charge in [-0.15, -0.1) is 0 Å². The molecule has 3 nitrogen and oxygen atoms in total. The molecule has 0 aliphatic carbocycles. The number of aromatic nitrogens is 2. The molecule has 1 N–H and O–H groups in total. The van der Waals surface area contributed by atoms with Gasteiger partial charge in [-0.25, -0.2) is 9.97 Å². The normalized spacial score (nSPS) is 14.9. The summed E-state index contributed by atoms with van der Waals surface area (Å²) < 4.78 is 0. The fraction of sp³-hybridized carbons (Fsp3) is 0.333. The van der Waals surface area contributed by atoms with E-state index in [1.165, 1.54) is 0 Å². The number of hydrogen-bond donors (Lipinski definition) is 1. The minimum atomic E-state index is -0.958. The number of pyridine rings is 2. The van der Waals surface area contributed by atoms with Gasteiger partial charge in [0.1, 0.15) is 10.3 Å². The zero-order valence-corrected chi connectivity index (χ0v) is 11.0. The monoisotopic (exact) mass is 270 g/mol. The van der Waals surface area contributed by atoms with Crippen LogP contribution >= 0.6 is 23.2 Å². The molecule has 0 saturated carbocycles. The highest BCUT2D eigenvalue weighted by atomic mass is 35.5. The Kier molecular flexibility index (Phi) is 3.25. The predicted octanol–water partition coefficient (Wildman–Crippen LogP) is 3.55. The second-order valence-electron chi connectivity index (χ2n) is 4.14. The van der Waals surface area contributed by atoms with Gasteiger partial charge in [-0.05, 0) is 24.8 Å². The van der Waals surface area contributed by atoms with Gasteiger partial charge in [0, 0.05) is 23.3 Å². The van der Waals surface area contributed by atoms with Gasteiger partial charge >= 0.3 is 0 Å². The zero-order chi connectivity index (χ0) is 12.6. The van der Waals surface area contributed by atoms with Gasteiger partial charge in [-0.1, -0.05) is 30.1 Å². The summed E-state index contributed by atoms with van der Waals surface area (Å²) in [6.07, 6.45) is 3.73. The average molecular weight is 271 g/mol. The first-order valence-corrected chi connectivity index (χ1v) is 6.04. The van der Waals surface area contributed by atoms with Gasteiger partial charge in [0.2, 0.25) is 0 Å². The quantitative estimate of drug-likeness (QED) is 0.849. The summed E-state index contributed by atoms with van der Waals surface area (Å²) in [5.74, 6) is 0. The van der Waals surface area contributed by atoms with E-state index in [4.69, 9.17) is 23.2 Å². The molecule has 0 aromatic carbocycles. The van der Waals surface area contributed by atoms with E-state index in [2.05, 4.69) is 9.97 Å². The van der Waals surface area contributed by atoms with Gasteiger partial charge in [-0.3, -0.25) is 0 Å². The Morgan fingerprint density at radius 2 is 1.94 bits per heavy atom. The Morgan fingerprint density at radius 1 is 1.24 bits per heavy atom. The van der Waals surface area contributed by atoms with Crippen LogP contribution in [0.15, 0.2) is 18.5 Å². The van der Waals surface area contributed by atoms with Crippen LogP contribution in [0.5, 0.6) is 0 Å². The minimum absolute atomic E-state index is 0.361. The summed E-state index contributed by atoms with van der Waals surface area (Å²) in [6.45, 7) is 3.65. The molecule has 1 unspecified atom stereocenters. The molecule has 0 radical (unpaired) electrons. The number of halogens is 2. The molecule has 2 aromatic rings. The summed E-state index contributed by atoms with van der Waals surface area (Å²) in [7, 11) is 0. The van der Waals surface area contributed by atoms with E-state index in [0.717, 1.165) is 5.39 Å². The largest absolute Gasteiger partial charge is 0.385 e. The molecule has 2 heterocycles. The van der Waals surface area contributed by atoms with Crippen LogP contribution in [0, 0.1) is 0 Å². The molecule has 2 rings (SSSR count). The van der Waals surface area contributed by atoms with Crippen LogP contribution in [-0.2, 0) is 5.60 Å². The maximum Gasteiger partial charge on any atom is 0.138 e. The van der Waals surface area contributed by atoms with E-state index in [0.29, 0.717) is 27.7 Å². The van der Waals surface area contributed by atoms with Gasteiger partial charge in [0.15, 0.2) is 0 Å². The number of fused-ring (bicyclic) bond motifs is 1. The van der Waals surface area contributed by atoms with Crippen LogP contribution in [-0.4, -0.2) is 15.1 Å². The maximum absolute atomic E-state index is 10.3. The molecule has 5 heteroatoms. The average Bonchev–Trinajstić information content (AvgIpc) is 2.29. The summed E-state index contributed by atoms with van der Waals surface area (Å²) >= 11 is 11.9. The van der Waals surface area contributed by atoms with E-state index in [1.807, 2.05) is 6.92 Å². The third kappa shape index (κ3) is 2.23. The highest BCUT2D eigenvalue weighted by Crippen LogP contribution is 2.33. The minimum Gasteiger partial charge on any atom is -0.385 e. The van der Waals surface area contributed by atoms with Crippen molar-refractivity contribution in [2.24, 2.45) is 0 Å². The maximum atomic E-state index is 10.3. The van der Waals surface area contributed by atoms with E-state index in [1.54, 1.807) is 25.4 Å². The molecular formula is C12H12Cl2N2O. The fourth-order valence-electron chi connectivity index (χ4n) is 1.70. The van der Waals surface area contributed by atoms with Crippen LogP contribution in [0.4, 0.5) is 0 Å². The molecule has 90 valence electrons. The number of aliphatic hydroxyl groups is 1. The molecule has 0 saturated heterocycles. The van der Waals surface area contributed by atoms with E-state index in [-0.39, 0.29) is 0 Å². The molecule has 17 heavy (non-hydrogen) atoms. The fourth-order valence-corrected chi connectivity index (χ4v) is 2.05. The van der Waals surface area contributed by atoms with Gasteiger partial charge in [-0.2, -0.15) is 0 Å². The van der Waals surface area contributed by atoms with Gasteiger partial charge < -0.3 is 5.11 Å². The number of hydrogen-bond acceptors (Lipinski definition) is 3. The Bertz CT molecular complexity index is 570. The second-order valence-corrected chi connectivity index (χ2v) is 4.89. The molecule has 2 aromatic heterocycles. The zero-order valence-electron chi connectivity index (χ0n) is 9.54. The first kappa shape index (κ1) is 12.6. The number of rotatable bonds is 2. The summed E-state index contributed by atoms with van der Waals surface area (Å²) in [6, 6.07) is 1.70. The van der Waals surface area contributed by atoms with E-state index >= 15 is 0 Å². The van der Waals surface area contributed by atoms with Crippen molar-refractivity contribution in [3.05, 3.63) is 34.3 Å². The van der Waals surface area contributed by atoms with Crippen LogP contribution in [0.2, 0.25) is 10.3 Å². The lowest BCUT2D eigenvalue weighted by Crippen LogP contribution is -2.20. The van der Waals surface area contributed by atoms with Crippen LogP contribution in [0.3, 0.4) is 0 Å². The smallest absolute Gasteiger partial charge is 0.138 e. The summed E-state index contributed by atoms with van der Waals surface area (Å²) in [4.78, 5) is 8.05. The van der Waals surface area contributed by atoms with Crippen molar-refractivity contribution in [2.75, 3.05) is 0 Å². The Labute approximate surface area is 109 Å². The molecule has 0 bridgehead atoms. The van der Waals surface area contributed by atoms with Crippen LogP contribution in [0.1, 0.15) is 25.8 Å². The highest BCUT2D eigenvalue weighted by molar-refractivity contribution is 6.35. The molecule has 0 fully saturated rings. The van der Waals surface area contributed by atoms with E-state index < -0.39 is 5.60 Å². The first-order valence-electron chi connectivity index (χ1n) is 5.28. The molecular weight excluding hydrogens is 259 g/mol. The van der Waals surface area contributed by atoms with Crippen molar-refractivity contribution >= 4 is 34.0 Å². The van der Waals surface area contributed by atoms with Crippen molar-refractivity contribution in [1.82, 2.24) is 9.97 Å². The first-order chi connectivity index (χ1) is 7.95. The lowest BCUT2D eigenvalue weighted by atomic mass is 9.91. The van der Waals surface area contributed by atoms with Crippen molar-refractivity contribution in [1.29, 1.82) is 0 Å². The third-order valence-corrected chi connectivity index (χ3v) is 3.47. The summed E-state index contributed by atoms with van der Waals surface area (Å²) in [5, 5.41) is 12.5. The SMILES string of the molecule is CCC(C)(O)c1cnc(Cl)c2cnc(Cl)cc12. The van der Waals surface area contributed by atoms with Crippen molar-refractivity contribution in [3.8, 4) is 0 Å². The Hall–Kier alpha value is -0.900. The van der Waals surface area contributed by atoms with Crippen molar-refractivity contribution < 1.29 is 5.11 Å². The van der Waals surface area contributed by atoms with Gasteiger partial charge in [0.25, 0.3) is 0 Å². The van der Waals surface area contributed by atoms with Gasteiger partial charge in [0.05, 0.1) is 5.60 Å². The van der Waals surface area contributed by atoms with Crippen LogP contribution in [0.25, 0.3) is 10.8 Å². The lowest BCUT2D eigenvalue weighted by molar-refractivity contribution is 0.0543. The topological polar surface area (TPSA) is 46.0 Å². The Morgan fingerprint density at radius 3 is 2.59 bits per heavy atom. The number of nitrogens with zero attached hydrogens (tertiary/aromatic N) is 2. The molecule has 0 aliphatic rings. The third-order valence-electron chi connectivity index (χ3n) is 2.96. The van der Waals surface area contributed by atoms with Crippen molar-refractivity contribution in [2.45, 2.75) is 25.9 Å². The predicted molar refractivity (Wildman–Crippen MR) is 69.4 cm³/mol. The van der Waals surface area contributed by atoms with Crippen LogP contribution < -0.4 is 0 Å². The van der Waals surface area contributed by atoms with Crippen molar-refractivity contribution in [3.63, 3.8) is 0 Å². The summed E-state index contributed by atoms with van der Waals surface area (Å²) in [5.41, 5.74) is -0.246.